The summed E-state index contributed by atoms with van der Waals surface area (Å²) in [6.45, 7) is 3.74. The molecule has 0 aromatic heterocycles. The number of rotatable bonds is 7. The van der Waals surface area contributed by atoms with E-state index in [1.54, 1.807) is 0 Å². The van der Waals surface area contributed by atoms with Crippen LogP contribution in [0.25, 0.3) is 0 Å². The predicted octanol–water partition coefficient (Wildman–Crippen LogP) is 2.93. The molecule has 0 saturated carbocycles. The van der Waals surface area contributed by atoms with Gasteiger partial charge in [0.2, 0.25) is 10.0 Å². The minimum Gasteiger partial charge on any atom is -0.379 e. The molecule has 6 nitrogen and oxygen atoms in total. The SMILES string of the molecule is CCCCCNC(=O)c1cc(S(=O)(=O)N2CCOCC2)c(Cl)cc1Cl. The van der Waals surface area contributed by atoms with Gasteiger partial charge in [0, 0.05) is 19.6 Å². The highest BCUT2D eigenvalue weighted by atomic mass is 35.5. The number of nitrogens with one attached hydrogen (secondary N) is 1. The van der Waals surface area contributed by atoms with Crippen LogP contribution < -0.4 is 5.32 Å². The van der Waals surface area contributed by atoms with Crippen molar-refractivity contribution >= 4 is 39.1 Å². The summed E-state index contributed by atoms with van der Waals surface area (Å²) >= 11 is 12.2. The van der Waals surface area contributed by atoms with Gasteiger partial charge in [0.25, 0.3) is 5.91 Å². The van der Waals surface area contributed by atoms with Crippen molar-refractivity contribution in [3.8, 4) is 0 Å². The van der Waals surface area contributed by atoms with Gasteiger partial charge in [0.05, 0.1) is 28.8 Å². The van der Waals surface area contributed by atoms with Crippen LogP contribution in [0.4, 0.5) is 0 Å². The van der Waals surface area contributed by atoms with Crippen LogP contribution in [0.1, 0.15) is 36.5 Å². The normalized spacial score (nSPS) is 16.0. The summed E-state index contributed by atoms with van der Waals surface area (Å²) in [5.74, 6) is -0.406. The topological polar surface area (TPSA) is 75.7 Å². The van der Waals surface area contributed by atoms with Gasteiger partial charge in [-0.15, -0.1) is 0 Å². The molecule has 1 heterocycles. The molecule has 1 saturated heterocycles. The fourth-order valence-electron chi connectivity index (χ4n) is 2.50. The summed E-state index contributed by atoms with van der Waals surface area (Å²) in [5, 5.41) is 2.88. The van der Waals surface area contributed by atoms with E-state index in [9.17, 15) is 13.2 Å². The zero-order chi connectivity index (χ0) is 18.4. The van der Waals surface area contributed by atoms with Crippen LogP contribution in [-0.2, 0) is 14.8 Å². The Kier molecular flexibility index (Phi) is 7.51. The molecule has 1 aromatic rings. The predicted molar refractivity (Wildman–Crippen MR) is 97.9 cm³/mol. The fraction of sp³-hybridized carbons (Fsp3) is 0.562. The Balaban J connectivity index is 2.26. The van der Waals surface area contributed by atoms with Crippen LogP contribution >= 0.6 is 23.2 Å². The molecule has 0 bridgehead atoms. The standard InChI is InChI=1S/C16H22Cl2N2O4S/c1-2-3-4-5-19-16(21)12-10-15(14(18)11-13(12)17)25(22,23)20-6-8-24-9-7-20/h10-11H,2-9H2,1H3,(H,19,21). The minimum absolute atomic E-state index is 0.000903. The van der Waals surface area contributed by atoms with Crippen LogP contribution in [-0.4, -0.2) is 51.5 Å². The van der Waals surface area contributed by atoms with Crippen LogP contribution in [0.2, 0.25) is 10.0 Å². The smallest absolute Gasteiger partial charge is 0.252 e. The number of hydrogen-bond acceptors (Lipinski definition) is 4. The Morgan fingerprint density at radius 3 is 2.52 bits per heavy atom. The van der Waals surface area contributed by atoms with Crippen molar-refractivity contribution in [2.45, 2.75) is 31.1 Å². The van der Waals surface area contributed by atoms with Crippen molar-refractivity contribution in [1.82, 2.24) is 9.62 Å². The molecule has 2 rings (SSSR count). The van der Waals surface area contributed by atoms with E-state index in [4.69, 9.17) is 27.9 Å². The van der Waals surface area contributed by atoms with Gasteiger partial charge in [-0.05, 0) is 18.6 Å². The first-order valence-corrected chi connectivity index (χ1v) is 10.4. The molecule has 1 fully saturated rings. The van der Waals surface area contributed by atoms with E-state index in [2.05, 4.69) is 12.2 Å². The molecule has 1 amide bonds. The first-order chi connectivity index (χ1) is 11.9. The van der Waals surface area contributed by atoms with Gasteiger partial charge in [-0.1, -0.05) is 43.0 Å². The Labute approximate surface area is 158 Å². The Bertz CT molecular complexity index is 719. The van der Waals surface area contributed by atoms with Crippen LogP contribution in [0, 0.1) is 0 Å². The van der Waals surface area contributed by atoms with Gasteiger partial charge >= 0.3 is 0 Å². The quantitative estimate of drug-likeness (QED) is 0.703. The zero-order valence-corrected chi connectivity index (χ0v) is 16.4. The second-order valence-electron chi connectivity index (χ2n) is 5.74. The van der Waals surface area contributed by atoms with Gasteiger partial charge in [0.15, 0.2) is 0 Å². The third kappa shape index (κ3) is 5.08. The van der Waals surface area contributed by atoms with E-state index >= 15 is 0 Å². The van der Waals surface area contributed by atoms with Crippen molar-refractivity contribution in [1.29, 1.82) is 0 Å². The first kappa shape index (κ1) is 20.5. The Morgan fingerprint density at radius 1 is 1.20 bits per heavy atom. The molecular weight excluding hydrogens is 387 g/mol. The summed E-state index contributed by atoms with van der Waals surface area (Å²) in [6, 6.07) is 2.56. The highest BCUT2D eigenvalue weighted by molar-refractivity contribution is 7.89. The average molecular weight is 409 g/mol. The summed E-state index contributed by atoms with van der Waals surface area (Å²) < 4.78 is 32.1. The summed E-state index contributed by atoms with van der Waals surface area (Å²) in [5.41, 5.74) is 0.106. The molecule has 1 N–H and O–H groups in total. The second-order valence-corrected chi connectivity index (χ2v) is 8.46. The molecule has 0 spiro atoms. The molecule has 25 heavy (non-hydrogen) atoms. The van der Waals surface area contributed by atoms with Crippen LogP contribution in [0.15, 0.2) is 17.0 Å². The van der Waals surface area contributed by atoms with E-state index in [0.717, 1.165) is 19.3 Å². The number of nitrogens with zero attached hydrogens (tertiary/aromatic N) is 1. The fourth-order valence-corrected chi connectivity index (χ4v) is 4.74. The lowest BCUT2D eigenvalue weighted by Crippen LogP contribution is -2.40. The number of unbranched alkanes of at least 4 members (excludes halogenated alkanes) is 2. The van der Waals surface area contributed by atoms with Gasteiger partial charge in [0.1, 0.15) is 4.90 Å². The number of carbonyl (C=O) groups excluding carboxylic acids is 1. The molecule has 1 aliphatic heterocycles. The number of halogens is 2. The molecule has 1 aromatic carbocycles. The number of morpholine rings is 1. The highest BCUT2D eigenvalue weighted by Crippen LogP contribution is 2.31. The molecule has 0 aliphatic carbocycles. The molecule has 0 atom stereocenters. The molecule has 1 aliphatic rings. The number of benzene rings is 1. The lowest BCUT2D eigenvalue weighted by atomic mass is 10.2. The second kappa shape index (κ2) is 9.19. The average Bonchev–Trinajstić information content (AvgIpc) is 2.59. The summed E-state index contributed by atoms with van der Waals surface area (Å²) in [6.07, 6.45) is 2.90. The first-order valence-electron chi connectivity index (χ1n) is 8.23. The minimum atomic E-state index is -3.81. The third-order valence-electron chi connectivity index (χ3n) is 3.92. The van der Waals surface area contributed by atoms with E-state index in [1.165, 1.54) is 16.4 Å². The molecule has 140 valence electrons. The molecule has 9 heteroatoms. The summed E-state index contributed by atoms with van der Waals surface area (Å²) in [7, 11) is -3.81. The Hall–Kier alpha value is -0.860. The number of ether oxygens (including phenoxy) is 1. The van der Waals surface area contributed by atoms with Crippen molar-refractivity contribution in [2.75, 3.05) is 32.8 Å². The number of hydrogen-bond donors (Lipinski definition) is 1. The van der Waals surface area contributed by atoms with Crippen LogP contribution in [0.3, 0.4) is 0 Å². The van der Waals surface area contributed by atoms with Gasteiger partial charge < -0.3 is 10.1 Å². The molecular formula is C16H22Cl2N2O4S. The van der Waals surface area contributed by atoms with Gasteiger partial charge in [-0.25, -0.2) is 8.42 Å². The highest BCUT2D eigenvalue weighted by Gasteiger charge is 2.30. The van der Waals surface area contributed by atoms with E-state index in [1.807, 2.05) is 0 Å². The number of carbonyl (C=O) groups is 1. The van der Waals surface area contributed by atoms with Crippen molar-refractivity contribution in [3.05, 3.63) is 27.7 Å². The maximum atomic E-state index is 12.8. The Morgan fingerprint density at radius 2 is 1.88 bits per heavy atom. The zero-order valence-electron chi connectivity index (χ0n) is 14.1. The van der Waals surface area contributed by atoms with Gasteiger partial charge in [-0.2, -0.15) is 4.31 Å². The maximum absolute atomic E-state index is 12.8. The third-order valence-corrected chi connectivity index (χ3v) is 6.60. The lowest BCUT2D eigenvalue weighted by molar-refractivity contribution is 0.0730. The largest absolute Gasteiger partial charge is 0.379 e. The van der Waals surface area contributed by atoms with E-state index in [-0.39, 0.29) is 33.6 Å². The monoisotopic (exact) mass is 408 g/mol. The van der Waals surface area contributed by atoms with E-state index in [0.29, 0.717) is 19.8 Å². The van der Waals surface area contributed by atoms with Crippen molar-refractivity contribution in [3.63, 3.8) is 0 Å². The van der Waals surface area contributed by atoms with Crippen molar-refractivity contribution in [2.24, 2.45) is 0 Å². The van der Waals surface area contributed by atoms with E-state index < -0.39 is 15.9 Å². The lowest BCUT2D eigenvalue weighted by Gasteiger charge is -2.26. The van der Waals surface area contributed by atoms with Crippen LogP contribution in [0.5, 0.6) is 0 Å². The number of sulfonamides is 1. The number of amides is 1. The van der Waals surface area contributed by atoms with Gasteiger partial charge in [-0.3, -0.25) is 4.79 Å². The summed E-state index contributed by atoms with van der Waals surface area (Å²) in [4.78, 5) is 12.2. The maximum Gasteiger partial charge on any atom is 0.252 e. The van der Waals surface area contributed by atoms with Crippen molar-refractivity contribution < 1.29 is 17.9 Å². The molecule has 0 radical (unpaired) electrons. The molecule has 0 unspecified atom stereocenters.